The summed E-state index contributed by atoms with van der Waals surface area (Å²) in [5.41, 5.74) is 0.405. The highest BCUT2D eigenvalue weighted by molar-refractivity contribution is 5.99. The van der Waals surface area contributed by atoms with Crippen LogP contribution in [0.15, 0.2) is 18.2 Å². The molecule has 6 heteroatoms. The molecule has 1 aliphatic heterocycles. The first-order valence-corrected chi connectivity index (χ1v) is 4.95. The number of nitrogens with zero attached hydrogens (tertiary/aromatic N) is 1. The molecular weight excluding hydrogens is 226 g/mol. The third-order valence-electron chi connectivity index (χ3n) is 2.40. The molecule has 0 unspecified atom stereocenters. The molecule has 1 aromatic rings. The van der Waals surface area contributed by atoms with E-state index in [4.69, 9.17) is 14.6 Å². The normalized spacial score (nSPS) is 12.3. The maximum Gasteiger partial charge on any atom is 0.407 e. The Labute approximate surface area is 97.4 Å². The number of ketones is 1. The van der Waals surface area contributed by atoms with Crippen LogP contribution in [0.25, 0.3) is 0 Å². The number of carbonyl (C=O) groups excluding carboxylic acids is 1. The molecule has 0 atom stereocenters. The number of amides is 1. The van der Waals surface area contributed by atoms with Crippen molar-refractivity contribution in [3.63, 3.8) is 0 Å². The van der Waals surface area contributed by atoms with Gasteiger partial charge in [0.15, 0.2) is 17.3 Å². The van der Waals surface area contributed by atoms with Crippen LogP contribution in [-0.2, 0) is 0 Å². The summed E-state index contributed by atoms with van der Waals surface area (Å²) in [7, 11) is 1.34. The van der Waals surface area contributed by atoms with Gasteiger partial charge in [-0.3, -0.25) is 4.79 Å². The summed E-state index contributed by atoms with van der Waals surface area (Å²) in [6.07, 6.45) is -1.14. The van der Waals surface area contributed by atoms with E-state index in [1.165, 1.54) is 7.05 Å². The van der Waals surface area contributed by atoms with Crippen molar-refractivity contribution in [2.45, 2.75) is 0 Å². The van der Waals surface area contributed by atoms with E-state index in [9.17, 15) is 9.59 Å². The van der Waals surface area contributed by atoms with E-state index in [-0.39, 0.29) is 19.1 Å². The molecule has 0 bridgehead atoms. The predicted octanol–water partition coefficient (Wildman–Crippen LogP) is 1.21. The van der Waals surface area contributed by atoms with Gasteiger partial charge in [0, 0.05) is 12.6 Å². The second kappa shape index (κ2) is 4.32. The first-order valence-electron chi connectivity index (χ1n) is 4.95. The number of carboxylic acid groups (broad SMARTS) is 1. The van der Waals surface area contributed by atoms with E-state index in [0.29, 0.717) is 17.1 Å². The van der Waals surface area contributed by atoms with Crippen LogP contribution in [0.5, 0.6) is 11.5 Å². The van der Waals surface area contributed by atoms with Crippen molar-refractivity contribution < 1.29 is 24.2 Å². The number of ether oxygens (including phenoxy) is 2. The molecule has 0 saturated carbocycles. The Balaban J connectivity index is 2.12. The van der Waals surface area contributed by atoms with Gasteiger partial charge in [-0.15, -0.1) is 0 Å². The molecule has 1 heterocycles. The molecule has 0 saturated heterocycles. The monoisotopic (exact) mass is 237 g/mol. The summed E-state index contributed by atoms with van der Waals surface area (Å²) in [5, 5.41) is 8.66. The third kappa shape index (κ3) is 2.30. The van der Waals surface area contributed by atoms with Gasteiger partial charge in [-0.05, 0) is 18.2 Å². The smallest absolute Gasteiger partial charge is 0.407 e. The van der Waals surface area contributed by atoms with Gasteiger partial charge in [-0.1, -0.05) is 0 Å². The van der Waals surface area contributed by atoms with Gasteiger partial charge in [-0.25, -0.2) is 4.79 Å². The van der Waals surface area contributed by atoms with Crippen LogP contribution in [-0.4, -0.2) is 42.3 Å². The minimum absolute atomic E-state index is 0.141. The Kier molecular flexibility index (Phi) is 2.86. The molecule has 0 fully saturated rings. The Bertz CT molecular complexity index is 471. The van der Waals surface area contributed by atoms with E-state index < -0.39 is 6.09 Å². The minimum Gasteiger partial charge on any atom is -0.465 e. The Morgan fingerprint density at radius 3 is 2.76 bits per heavy atom. The van der Waals surface area contributed by atoms with Gasteiger partial charge in [-0.2, -0.15) is 0 Å². The fourth-order valence-electron chi connectivity index (χ4n) is 1.44. The van der Waals surface area contributed by atoms with E-state index >= 15 is 0 Å². The van der Waals surface area contributed by atoms with Crippen molar-refractivity contribution in [2.75, 3.05) is 20.4 Å². The zero-order valence-electron chi connectivity index (χ0n) is 9.17. The molecular formula is C11H11NO5. The van der Waals surface area contributed by atoms with Crippen molar-refractivity contribution in [1.29, 1.82) is 0 Å². The van der Waals surface area contributed by atoms with E-state index in [2.05, 4.69) is 0 Å². The second-order valence-electron chi connectivity index (χ2n) is 3.63. The number of Topliss-reactive ketones (excluding diaryl/α,β-unsaturated/α-hetero) is 1. The largest absolute Gasteiger partial charge is 0.465 e. The fourth-order valence-corrected chi connectivity index (χ4v) is 1.44. The summed E-state index contributed by atoms with van der Waals surface area (Å²) in [4.78, 5) is 23.3. The summed E-state index contributed by atoms with van der Waals surface area (Å²) < 4.78 is 10.3. The molecule has 2 rings (SSSR count). The van der Waals surface area contributed by atoms with Crippen LogP contribution in [0.3, 0.4) is 0 Å². The van der Waals surface area contributed by atoms with Crippen LogP contribution in [0.2, 0.25) is 0 Å². The lowest BCUT2D eigenvalue weighted by Gasteiger charge is -2.11. The van der Waals surface area contributed by atoms with E-state index in [1.807, 2.05) is 0 Å². The molecule has 6 nitrogen and oxygen atoms in total. The Morgan fingerprint density at radius 1 is 1.35 bits per heavy atom. The molecule has 0 aliphatic carbocycles. The molecule has 90 valence electrons. The quantitative estimate of drug-likeness (QED) is 0.799. The highest BCUT2D eigenvalue weighted by atomic mass is 16.7. The molecule has 1 aromatic carbocycles. The summed E-state index contributed by atoms with van der Waals surface area (Å²) in [6, 6.07) is 4.78. The van der Waals surface area contributed by atoms with Crippen LogP contribution in [0.1, 0.15) is 10.4 Å². The van der Waals surface area contributed by atoms with Crippen molar-refractivity contribution >= 4 is 11.9 Å². The highest BCUT2D eigenvalue weighted by Gasteiger charge is 2.18. The third-order valence-corrected chi connectivity index (χ3v) is 2.40. The number of hydrogen-bond acceptors (Lipinski definition) is 4. The molecule has 0 radical (unpaired) electrons. The van der Waals surface area contributed by atoms with Crippen molar-refractivity contribution in [3.05, 3.63) is 23.8 Å². The zero-order chi connectivity index (χ0) is 12.4. The fraction of sp³-hybridized carbons (Fsp3) is 0.273. The van der Waals surface area contributed by atoms with Gasteiger partial charge < -0.3 is 19.5 Å². The average molecular weight is 237 g/mol. The lowest BCUT2D eigenvalue weighted by molar-refractivity contribution is 0.0929. The molecule has 17 heavy (non-hydrogen) atoms. The first kappa shape index (κ1) is 11.3. The van der Waals surface area contributed by atoms with Crippen LogP contribution >= 0.6 is 0 Å². The van der Waals surface area contributed by atoms with Gasteiger partial charge in [0.1, 0.15) is 0 Å². The van der Waals surface area contributed by atoms with Crippen LogP contribution in [0.4, 0.5) is 4.79 Å². The number of carbonyl (C=O) groups is 2. The lowest BCUT2D eigenvalue weighted by Crippen LogP contribution is -2.30. The number of fused-ring (bicyclic) bond motifs is 1. The summed E-state index contributed by atoms with van der Waals surface area (Å²) in [6.45, 7) is -0.0447. The van der Waals surface area contributed by atoms with Gasteiger partial charge in [0.2, 0.25) is 6.79 Å². The molecule has 1 amide bonds. The van der Waals surface area contributed by atoms with E-state index in [0.717, 1.165) is 4.90 Å². The van der Waals surface area contributed by atoms with Crippen molar-refractivity contribution in [3.8, 4) is 11.5 Å². The predicted molar refractivity (Wildman–Crippen MR) is 57.6 cm³/mol. The summed E-state index contributed by atoms with van der Waals surface area (Å²) in [5.74, 6) is 0.815. The average Bonchev–Trinajstić information content (AvgIpc) is 2.75. The number of rotatable bonds is 3. The first-order chi connectivity index (χ1) is 8.08. The molecule has 1 N–H and O–H groups in total. The Morgan fingerprint density at radius 2 is 2.06 bits per heavy atom. The van der Waals surface area contributed by atoms with Gasteiger partial charge in [0.25, 0.3) is 0 Å². The van der Waals surface area contributed by atoms with E-state index in [1.54, 1.807) is 18.2 Å². The van der Waals surface area contributed by atoms with Gasteiger partial charge >= 0.3 is 6.09 Å². The highest BCUT2D eigenvalue weighted by Crippen LogP contribution is 2.32. The van der Waals surface area contributed by atoms with Crippen molar-refractivity contribution in [1.82, 2.24) is 4.90 Å². The summed E-state index contributed by atoms with van der Waals surface area (Å²) >= 11 is 0. The van der Waals surface area contributed by atoms with Crippen molar-refractivity contribution in [2.24, 2.45) is 0 Å². The lowest BCUT2D eigenvalue weighted by atomic mass is 10.1. The standard InChI is InChI=1S/C11H11NO5/c1-12(11(14)15)5-8(13)7-2-3-9-10(4-7)17-6-16-9/h2-4H,5-6H2,1H3,(H,14,15). The van der Waals surface area contributed by atoms with Crippen LogP contribution in [0, 0.1) is 0 Å². The minimum atomic E-state index is -1.14. The molecule has 0 spiro atoms. The second-order valence-corrected chi connectivity index (χ2v) is 3.63. The molecule has 1 aliphatic rings. The van der Waals surface area contributed by atoms with Crippen LogP contribution < -0.4 is 9.47 Å². The number of likely N-dealkylation sites (N-methyl/N-ethyl adjacent to an activating group) is 1. The van der Waals surface area contributed by atoms with Gasteiger partial charge in [0.05, 0.1) is 6.54 Å². The maximum absolute atomic E-state index is 11.8. The SMILES string of the molecule is CN(CC(=O)c1ccc2c(c1)OCO2)C(=O)O. The number of benzene rings is 1. The molecule has 0 aromatic heterocycles. The number of hydrogen-bond donors (Lipinski definition) is 1. The topological polar surface area (TPSA) is 76.1 Å². The zero-order valence-corrected chi connectivity index (χ0v) is 9.17. The Hall–Kier alpha value is -2.24. The maximum atomic E-state index is 11.8.